The Kier molecular flexibility index (Phi) is 4.65. The van der Waals surface area contributed by atoms with Gasteiger partial charge < -0.3 is 26.4 Å². The van der Waals surface area contributed by atoms with E-state index < -0.39 is 37.2 Å². The number of urea groups is 1. The van der Waals surface area contributed by atoms with E-state index in [1.807, 2.05) is 0 Å². The molecule has 0 radical (unpaired) electrons. The van der Waals surface area contributed by atoms with Crippen molar-refractivity contribution in [2.24, 2.45) is 11.5 Å². The molecule has 0 aromatic carbocycles. The molecule has 0 aromatic rings. The third-order valence-corrected chi connectivity index (χ3v) is 2.45. The molecule has 0 aromatic heterocycles. The maximum absolute atomic E-state index is 13.7. The van der Waals surface area contributed by atoms with Crippen LogP contribution < -0.4 is 11.5 Å². The summed E-state index contributed by atoms with van der Waals surface area (Å²) in [6, 6.07) is -0.981. The van der Waals surface area contributed by atoms with E-state index >= 15 is 0 Å². The number of carbonyl (C=O) groups excluding carboxylic acids is 1. The van der Waals surface area contributed by atoms with Crippen molar-refractivity contribution in [3.8, 4) is 0 Å². The van der Waals surface area contributed by atoms with Crippen molar-refractivity contribution >= 4 is 6.03 Å². The minimum Gasteiger partial charge on any atom is -0.399 e. The van der Waals surface area contributed by atoms with Gasteiger partial charge in [-0.15, -0.1) is 0 Å². The van der Waals surface area contributed by atoms with Crippen LogP contribution in [-0.4, -0.2) is 52.4 Å². The van der Waals surface area contributed by atoms with Gasteiger partial charge in [0.15, 0.2) is 12.4 Å². The summed E-state index contributed by atoms with van der Waals surface area (Å²) in [4.78, 5) is 11.9. The SMILES string of the molecule is C=C(N)/C=C\N(C(N)=O)C1OC(CO)C(O)C1F. The van der Waals surface area contributed by atoms with Gasteiger partial charge in [0.25, 0.3) is 0 Å². The number of alkyl halides is 1. The van der Waals surface area contributed by atoms with Gasteiger partial charge in [0.1, 0.15) is 12.2 Å². The molecule has 0 spiro atoms. The monoisotopic (exact) mass is 261 g/mol. The molecule has 6 N–H and O–H groups in total. The van der Waals surface area contributed by atoms with Crippen molar-refractivity contribution in [3.63, 3.8) is 0 Å². The van der Waals surface area contributed by atoms with E-state index in [-0.39, 0.29) is 5.70 Å². The molecule has 18 heavy (non-hydrogen) atoms. The number of rotatable bonds is 4. The van der Waals surface area contributed by atoms with Crippen LogP contribution in [0, 0.1) is 0 Å². The van der Waals surface area contributed by atoms with Crippen LogP contribution in [0.4, 0.5) is 9.18 Å². The summed E-state index contributed by atoms with van der Waals surface area (Å²) in [5, 5.41) is 18.3. The van der Waals surface area contributed by atoms with Crippen molar-refractivity contribution < 1.29 is 24.1 Å². The molecular formula is C10H16FN3O4. The van der Waals surface area contributed by atoms with E-state index in [2.05, 4.69) is 6.58 Å². The Morgan fingerprint density at radius 2 is 2.17 bits per heavy atom. The fourth-order valence-corrected chi connectivity index (χ4v) is 1.54. The van der Waals surface area contributed by atoms with Crippen LogP contribution in [0.2, 0.25) is 0 Å². The van der Waals surface area contributed by atoms with Crippen LogP contribution in [0.15, 0.2) is 24.6 Å². The Labute approximate surface area is 103 Å². The summed E-state index contributed by atoms with van der Waals surface area (Å²) in [5.41, 5.74) is 10.5. The van der Waals surface area contributed by atoms with E-state index in [0.717, 1.165) is 11.1 Å². The first-order valence-corrected chi connectivity index (χ1v) is 5.17. The zero-order valence-electron chi connectivity index (χ0n) is 9.57. The van der Waals surface area contributed by atoms with E-state index in [4.69, 9.17) is 21.3 Å². The third kappa shape index (κ3) is 2.97. The molecule has 0 bridgehead atoms. The summed E-state index contributed by atoms with van der Waals surface area (Å²) in [7, 11) is 0. The maximum Gasteiger partial charge on any atom is 0.321 e. The number of allylic oxidation sites excluding steroid dienone is 1. The molecule has 4 atom stereocenters. The maximum atomic E-state index is 13.7. The highest BCUT2D eigenvalue weighted by Crippen LogP contribution is 2.26. The number of halogens is 1. The second kappa shape index (κ2) is 5.80. The Balaban J connectivity index is 2.87. The van der Waals surface area contributed by atoms with Gasteiger partial charge in [0.2, 0.25) is 0 Å². The summed E-state index contributed by atoms with van der Waals surface area (Å²) >= 11 is 0. The van der Waals surface area contributed by atoms with Crippen molar-refractivity contribution in [2.45, 2.75) is 24.6 Å². The average Bonchev–Trinajstić information content (AvgIpc) is 2.56. The number of hydrogen-bond acceptors (Lipinski definition) is 5. The molecule has 4 unspecified atom stereocenters. The number of nitrogens with two attached hydrogens (primary N) is 2. The van der Waals surface area contributed by atoms with E-state index in [1.165, 1.54) is 6.08 Å². The van der Waals surface area contributed by atoms with E-state index in [9.17, 15) is 14.3 Å². The van der Waals surface area contributed by atoms with Crippen LogP contribution in [0.25, 0.3) is 0 Å². The molecule has 0 aliphatic carbocycles. The van der Waals surface area contributed by atoms with Crippen LogP contribution in [0.1, 0.15) is 0 Å². The molecule has 102 valence electrons. The van der Waals surface area contributed by atoms with Crippen molar-refractivity contribution in [1.82, 2.24) is 4.90 Å². The van der Waals surface area contributed by atoms with Gasteiger partial charge in [-0.05, 0) is 6.08 Å². The summed E-state index contributed by atoms with van der Waals surface area (Å²) in [5.74, 6) is 0. The zero-order chi connectivity index (χ0) is 13.9. The Bertz CT molecular complexity index is 363. The second-order valence-corrected chi connectivity index (χ2v) is 3.82. The highest BCUT2D eigenvalue weighted by atomic mass is 19.1. The molecule has 0 saturated carbocycles. The van der Waals surface area contributed by atoms with Crippen LogP contribution >= 0.6 is 0 Å². The fourth-order valence-electron chi connectivity index (χ4n) is 1.54. The van der Waals surface area contributed by atoms with Gasteiger partial charge in [-0.2, -0.15) is 0 Å². The smallest absolute Gasteiger partial charge is 0.321 e. The lowest BCUT2D eigenvalue weighted by molar-refractivity contribution is -0.0570. The largest absolute Gasteiger partial charge is 0.399 e. The molecule has 1 rings (SSSR count). The fraction of sp³-hybridized carbons (Fsp3) is 0.500. The van der Waals surface area contributed by atoms with Crippen molar-refractivity contribution in [2.75, 3.05) is 6.61 Å². The predicted molar refractivity (Wildman–Crippen MR) is 60.5 cm³/mol. The molecule has 8 heteroatoms. The number of nitrogens with zero attached hydrogens (tertiary/aromatic N) is 1. The number of aliphatic hydroxyl groups is 2. The predicted octanol–water partition coefficient (Wildman–Crippen LogP) is -1.23. The molecule has 1 saturated heterocycles. The van der Waals surface area contributed by atoms with Gasteiger partial charge >= 0.3 is 6.03 Å². The number of primary amides is 1. The normalized spacial score (nSPS) is 31.7. The first kappa shape index (κ1) is 14.4. The molecular weight excluding hydrogens is 245 g/mol. The van der Waals surface area contributed by atoms with Gasteiger partial charge in [-0.1, -0.05) is 6.58 Å². The van der Waals surface area contributed by atoms with Gasteiger partial charge in [-0.3, -0.25) is 4.90 Å². The molecule has 1 aliphatic rings. The van der Waals surface area contributed by atoms with Crippen LogP contribution in [-0.2, 0) is 4.74 Å². The Hall–Kier alpha value is -1.64. The minimum atomic E-state index is -1.88. The van der Waals surface area contributed by atoms with E-state index in [0.29, 0.717) is 0 Å². The summed E-state index contributed by atoms with van der Waals surface area (Å²) in [6.45, 7) is 2.79. The summed E-state index contributed by atoms with van der Waals surface area (Å²) < 4.78 is 18.7. The highest BCUT2D eigenvalue weighted by Gasteiger charge is 2.47. The molecule has 7 nitrogen and oxygen atoms in total. The lowest BCUT2D eigenvalue weighted by atomic mass is 10.1. The first-order chi connectivity index (χ1) is 8.38. The quantitative estimate of drug-likeness (QED) is 0.472. The zero-order valence-corrected chi connectivity index (χ0v) is 9.57. The van der Waals surface area contributed by atoms with Gasteiger partial charge in [0, 0.05) is 11.9 Å². The molecule has 2 amide bonds. The molecule has 1 aliphatic heterocycles. The van der Waals surface area contributed by atoms with E-state index in [1.54, 1.807) is 0 Å². The second-order valence-electron chi connectivity index (χ2n) is 3.82. The van der Waals surface area contributed by atoms with Gasteiger partial charge in [-0.25, -0.2) is 9.18 Å². The van der Waals surface area contributed by atoms with Crippen LogP contribution in [0.5, 0.6) is 0 Å². The Morgan fingerprint density at radius 1 is 1.56 bits per heavy atom. The highest BCUT2D eigenvalue weighted by molar-refractivity contribution is 5.73. The number of carbonyl (C=O) groups is 1. The minimum absolute atomic E-state index is 0.133. The van der Waals surface area contributed by atoms with Crippen molar-refractivity contribution in [1.29, 1.82) is 0 Å². The lowest BCUT2D eigenvalue weighted by Gasteiger charge is -2.24. The lowest BCUT2D eigenvalue weighted by Crippen LogP contribution is -2.45. The van der Waals surface area contributed by atoms with Crippen LogP contribution in [0.3, 0.4) is 0 Å². The Morgan fingerprint density at radius 3 is 2.56 bits per heavy atom. The first-order valence-electron chi connectivity index (χ1n) is 5.17. The molecule has 1 heterocycles. The number of ether oxygens (including phenoxy) is 1. The topological polar surface area (TPSA) is 122 Å². The number of hydrogen-bond donors (Lipinski definition) is 4. The average molecular weight is 261 g/mol. The number of amides is 2. The molecule has 1 fully saturated rings. The van der Waals surface area contributed by atoms with Gasteiger partial charge in [0.05, 0.1) is 6.61 Å². The van der Waals surface area contributed by atoms with Crippen molar-refractivity contribution in [3.05, 3.63) is 24.6 Å². The summed E-state index contributed by atoms with van der Waals surface area (Å²) in [6.07, 6.45) is -3.60. The standard InChI is InChI=1S/C10H16FN3O4/c1-5(12)2-3-14(10(13)17)9-7(11)8(16)6(4-15)18-9/h2-3,6-9,15-16H,1,4,12H2,(H2,13,17)/b3-2-. The number of aliphatic hydroxyl groups excluding tert-OH is 2. The third-order valence-electron chi connectivity index (χ3n) is 2.45.